The molecule has 1 unspecified atom stereocenters. The predicted octanol–water partition coefficient (Wildman–Crippen LogP) is 6.45. The SMILES string of the molecule is CC1=CC(c2cc3ccccc3cc2C(=O)c2ccccc2)C(C)=C1C. The summed E-state index contributed by atoms with van der Waals surface area (Å²) in [6.45, 7) is 6.50. The van der Waals surface area contributed by atoms with Crippen molar-refractivity contribution in [2.75, 3.05) is 0 Å². The lowest BCUT2D eigenvalue weighted by Crippen LogP contribution is -2.08. The second-order valence-corrected chi connectivity index (χ2v) is 7.12. The van der Waals surface area contributed by atoms with Crippen molar-refractivity contribution in [1.29, 1.82) is 0 Å². The van der Waals surface area contributed by atoms with Gasteiger partial charge in [0.15, 0.2) is 5.78 Å². The highest BCUT2D eigenvalue weighted by Gasteiger charge is 2.25. The van der Waals surface area contributed by atoms with E-state index in [1.165, 1.54) is 22.1 Å². The lowest BCUT2D eigenvalue weighted by Gasteiger charge is -2.17. The Kier molecular flexibility index (Phi) is 4.08. The minimum absolute atomic E-state index is 0.0924. The Balaban J connectivity index is 1.95. The molecule has 0 N–H and O–H groups in total. The molecule has 0 saturated heterocycles. The highest BCUT2D eigenvalue weighted by atomic mass is 16.1. The van der Waals surface area contributed by atoms with Crippen LogP contribution in [0.1, 0.15) is 48.2 Å². The minimum Gasteiger partial charge on any atom is -0.289 e. The number of benzene rings is 3. The van der Waals surface area contributed by atoms with E-state index in [0.29, 0.717) is 0 Å². The number of ketones is 1. The number of hydrogen-bond donors (Lipinski definition) is 0. The summed E-state index contributed by atoms with van der Waals surface area (Å²) >= 11 is 0. The van der Waals surface area contributed by atoms with Gasteiger partial charge in [0.2, 0.25) is 0 Å². The van der Waals surface area contributed by atoms with Gasteiger partial charge in [-0.3, -0.25) is 4.79 Å². The predicted molar refractivity (Wildman–Crippen MR) is 109 cm³/mol. The van der Waals surface area contributed by atoms with Crippen LogP contribution in [0, 0.1) is 0 Å². The number of carbonyl (C=O) groups excluding carboxylic acids is 1. The van der Waals surface area contributed by atoms with Gasteiger partial charge in [-0.15, -0.1) is 0 Å². The zero-order valence-corrected chi connectivity index (χ0v) is 15.4. The van der Waals surface area contributed by atoms with Crippen LogP contribution >= 0.6 is 0 Å². The first kappa shape index (κ1) is 16.5. The first-order chi connectivity index (χ1) is 12.6. The number of fused-ring (bicyclic) bond motifs is 1. The van der Waals surface area contributed by atoms with E-state index in [9.17, 15) is 4.79 Å². The molecule has 1 atom stereocenters. The molecule has 128 valence electrons. The largest absolute Gasteiger partial charge is 0.289 e. The number of hydrogen-bond acceptors (Lipinski definition) is 1. The van der Waals surface area contributed by atoms with Crippen LogP contribution in [0.4, 0.5) is 0 Å². The normalized spacial score (nSPS) is 16.9. The average Bonchev–Trinajstić information content (AvgIpc) is 2.94. The molecule has 0 radical (unpaired) electrons. The molecule has 0 heterocycles. The minimum atomic E-state index is 0.0924. The molecular formula is C25H22O. The van der Waals surface area contributed by atoms with Gasteiger partial charge in [0.1, 0.15) is 0 Å². The van der Waals surface area contributed by atoms with Crippen LogP contribution in [0.3, 0.4) is 0 Å². The maximum Gasteiger partial charge on any atom is 0.193 e. The van der Waals surface area contributed by atoms with E-state index in [-0.39, 0.29) is 11.7 Å². The molecule has 1 nitrogen and oxygen atoms in total. The van der Waals surface area contributed by atoms with E-state index < -0.39 is 0 Å². The van der Waals surface area contributed by atoms with Crippen LogP contribution < -0.4 is 0 Å². The summed E-state index contributed by atoms with van der Waals surface area (Å²) in [6, 6.07) is 22.1. The van der Waals surface area contributed by atoms with Crippen molar-refractivity contribution >= 4 is 16.6 Å². The Labute approximate surface area is 154 Å². The van der Waals surface area contributed by atoms with E-state index in [1.807, 2.05) is 36.4 Å². The second kappa shape index (κ2) is 6.42. The summed E-state index contributed by atoms with van der Waals surface area (Å²) in [5, 5.41) is 2.28. The summed E-state index contributed by atoms with van der Waals surface area (Å²) in [6.07, 6.45) is 2.29. The monoisotopic (exact) mass is 338 g/mol. The van der Waals surface area contributed by atoms with Crippen molar-refractivity contribution < 1.29 is 4.79 Å². The zero-order chi connectivity index (χ0) is 18.3. The summed E-state index contributed by atoms with van der Waals surface area (Å²) in [7, 11) is 0. The molecule has 4 rings (SSSR count). The zero-order valence-electron chi connectivity index (χ0n) is 15.4. The Morgan fingerprint density at radius 3 is 2.04 bits per heavy atom. The first-order valence-electron chi connectivity index (χ1n) is 9.05. The molecule has 3 aromatic carbocycles. The molecule has 26 heavy (non-hydrogen) atoms. The van der Waals surface area contributed by atoms with Gasteiger partial charge in [0, 0.05) is 17.0 Å². The average molecular weight is 338 g/mol. The summed E-state index contributed by atoms with van der Waals surface area (Å²) in [5.41, 5.74) is 6.62. The van der Waals surface area contributed by atoms with Gasteiger partial charge in [-0.05, 0) is 54.8 Å². The van der Waals surface area contributed by atoms with Gasteiger partial charge in [-0.25, -0.2) is 0 Å². The van der Waals surface area contributed by atoms with Crippen LogP contribution in [0.15, 0.2) is 89.5 Å². The molecule has 3 aromatic rings. The quantitative estimate of drug-likeness (QED) is 0.501. The molecule has 0 saturated carbocycles. The van der Waals surface area contributed by atoms with Crippen molar-refractivity contribution in [3.63, 3.8) is 0 Å². The second-order valence-electron chi connectivity index (χ2n) is 7.12. The fourth-order valence-electron chi connectivity index (χ4n) is 3.82. The molecule has 0 amide bonds. The maximum atomic E-state index is 13.3. The summed E-state index contributed by atoms with van der Waals surface area (Å²) in [4.78, 5) is 13.3. The molecule has 0 bridgehead atoms. The fraction of sp³-hybridized carbons (Fsp3) is 0.160. The van der Waals surface area contributed by atoms with Crippen molar-refractivity contribution in [2.24, 2.45) is 0 Å². The third kappa shape index (κ3) is 2.70. The Hall–Kier alpha value is -2.93. The number of allylic oxidation sites excluding steroid dienone is 4. The van der Waals surface area contributed by atoms with Crippen molar-refractivity contribution in [3.05, 3.63) is 106 Å². The molecule has 1 heteroatoms. The molecule has 1 aliphatic carbocycles. The van der Waals surface area contributed by atoms with Crippen LogP contribution in [0.25, 0.3) is 10.8 Å². The topological polar surface area (TPSA) is 17.1 Å². The molecular weight excluding hydrogens is 316 g/mol. The van der Waals surface area contributed by atoms with Gasteiger partial charge < -0.3 is 0 Å². The smallest absolute Gasteiger partial charge is 0.193 e. The van der Waals surface area contributed by atoms with Gasteiger partial charge in [0.25, 0.3) is 0 Å². The lowest BCUT2D eigenvalue weighted by molar-refractivity contribution is 0.103. The van der Waals surface area contributed by atoms with Crippen molar-refractivity contribution in [1.82, 2.24) is 0 Å². The highest BCUT2D eigenvalue weighted by molar-refractivity contribution is 6.12. The summed E-state index contributed by atoms with van der Waals surface area (Å²) < 4.78 is 0. The Bertz CT molecular complexity index is 1070. The Morgan fingerprint density at radius 1 is 0.808 bits per heavy atom. The maximum absolute atomic E-state index is 13.3. The van der Waals surface area contributed by atoms with Gasteiger partial charge in [-0.1, -0.05) is 71.8 Å². The van der Waals surface area contributed by atoms with E-state index in [4.69, 9.17) is 0 Å². The van der Waals surface area contributed by atoms with Gasteiger partial charge >= 0.3 is 0 Å². The summed E-state index contributed by atoms with van der Waals surface area (Å²) in [5.74, 6) is 0.261. The fourth-order valence-corrected chi connectivity index (χ4v) is 3.82. The Morgan fingerprint density at radius 2 is 1.42 bits per heavy atom. The van der Waals surface area contributed by atoms with Crippen LogP contribution in [0.5, 0.6) is 0 Å². The van der Waals surface area contributed by atoms with Crippen LogP contribution in [-0.2, 0) is 0 Å². The van der Waals surface area contributed by atoms with Gasteiger partial charge in [0.05, 0.1) is 0 Å². The highest BCUT2D eigenvalue weighted by Crippen LogP contribution is 2.40. The van der Waals surface area contributed by atoms with Crippen molar-refractivity contribution in [2.45, 2.75) is 26.7 Å². The number of rotatable bonds is 3. The molecule has 0 aliphatic heterocycles. The first-order valence-corrected chi connectivity index (χ1v) is 9.05. The third-order valence-electron chi connectivity index (χ3n) is 5.60. The number of carbonyl (C=O) groups is 1. The standard InChI is InChI=1S/C25H22O/c1-16-13-22(18(3)17(16)2)23-14-20-11-7-8-12-21(20)15-24(23)25(26)19-9-5-4-6-10-19/h4-15,22H,1-3H3. The third-order valence-corrected chi connectivity index (χ3v) is 5.60. The molecule has 1 aliphatic rings. The molecule has 0 spiro atoms. The molecule has 0 aromatic heterocycles. The molecule has 0 fully saturated rings. The van der Waals surface area contributed by atoms with Crippen LogP contribution in [-0.4, -0.2) is 5.78 Å². The van der Waals surface area contributed by atoms with E-state index in [0.717, 1.165) is 22.1 Å². The van der Waals surface area contributed by atoms with Gasteiger partial charge in [-0.2, -0.15) is 0 Å². The van der Waals surface area contributed by atoms with E-state index >= 15 is 0 Å². The van der Waals surface area contributed by atoms with E-state index in [2.05, 4.69) is 57.2 Å². The van der Waals surface area contributed by atoms with Crippen LogP contribution in [0.2, 0.25) is 0 Å². The van der Waals surface area contributed by atoms with Crippen molar-refractivity contribution in [3.8, 4) is 0 Å². The lowest BCUT2D eigenvalue weighted by atomic mass is 9.85. The van der Waals surface area contributed by atoms with E-state index in [1.54, 1.807) is 0 Å².